The lowest BCUT2D eigenvalue weighted by molar-refractivity contribution is -0.137. The number of nitrogens with zero attached hydrogens (tertiary/aromatic N) is 3. The molecule has 1 fully saturated rings. The van der Waals surface area contributed by atoms with Gasteiger partial charge in [-0.15, -0.1) is 0 Å². The number of amides is 1. The molecule has 0 aliphatic carbocycles. The Morgan fingerprint density at radius 3 is 2.68 bits per heavy atom. The molecule has 0 unspecified atom stereocenters. The summed E-state index contributed by atoms with van der Waals surface area (Å²) in [7, 11) is 1.32. The Morgan fingerprint density at radius 2 is 1.94 bits per heavy atom. The highest BCUT2D eigenvalue weighted by Crippen LogP contribution is 2.34. The zero-order chi connectivity index (χ0) is 24.1. The van der Waals surface area contributed by atoms with E-state index >= 15 is 0 Å². The van der Waals surface area contributed by atoms with Crippen molar-refractivity contribution in [3.05, 3.63) is 77.6 Å². The first-order valence-electron chi connectivity index (χ1n) is 10.8. The average molecular weight is 484 g/mol. The Labute approximate surface area is 200 Å². The molecule has 34 heavy (non-hydrogen) atoms. The van der Waals surface area contributed by atoms with E-state index in [0.717, 1.165) is 41.4 Å². The average Bonchev–Trinajstić information content (AvgIpc) is 2.87. The van der Waals surface area contributed by atoms with Crippen LogP contribution in [0.5, 0.6) is 0 Å². The number of hydrogen-bond acceptors (Lipinski definition) is 6. The zero-order valence-corrected chi connectivity index (χ0v) is 19.4. The van der Waals surface area contributed by atoms with Crippen molar-refractivity contribution in [2.24, 2.45) is 0 Å². The Balaban J connectivity index is 1.64. The largest absolute Gasteiger partial charge is 0.468 e. The molecule has 0 saturated carbocycles. The fourth-order valence-electron chi connectivity index (χ4n) is 3.98. The van der Waals surface area contributed by atoms with Gasteiger partial charge in [-0.05, 0) is 48.7 Å². The van der Waals surface area contributed by atoms with Crippen LogP contribution in [0.3, 0.4) is 0 Å². The predicted octanol–water partition coefficient (Wildman–Crippen LogP) is 4.71. The molecule has 0 radical (unpaired) electrons. The van der Waals surface area contributed by atoms with Crippen LogP contribution in [0.1, 0.15) is 34.8 Å². The van der Waals surface area contributed by atoms with E-state index < -0.39 is 5.82 Å². The lowest BCUT2D eigenvalue weighted by atomic mass is 9.89. The van der Waals surface area contributed by atoms with Gasteiger partial charge in [0.15, 0.2) is 5.16 Å². The molecule has 2 heterocycles. The van der Waals surface area contributed by atoms with Crippen molar-refractivity contribution in [1.82, 2.24) is 14.9 Å². The molecule has 1 aromatic heterocycles. The van der Waals surface area contributed by atoms with E-state index in [4.69, 9.17) is 9.72 Å². The van der Waals surface area contributed by atoms with Crippen LogP contribution < -0.4 is 0 Å². The Kier molecular flexibility index (Phi) is 7.52. The summed E-state index contributed by atoms with van der Waals surface area (Å²) in [6.45, 7) is 0.967. The van der Waals surface area contributed by atoms with Gasteiger partial charge < -0.3 is 9.64 Å². The first-order chi connectivity index (χ1) is 16.4. The first-order valence-corrected chi connectivity index (χ1v) is 11.8. The number of methoxy groups -OCH3 is 1. The molecule has 1 atom stereocenters. The highest BCUT2D eigenvalue weighted by Gasteiger charge is 2.29. The normalized spacial score (nSPS) is 15.7. The number of benzene rings is 2. The van der Waals surface area contributed by atoms with Gasteiger partial charge in [0, 0.05) is 36.3 Å². The maximum atomic E-state index is 13.7. The number of halogens is 2. The fourth-order valence-corrected chi connectivity index (χ4v) is 4.64. The lowest BCUT2D eigenvalue weighted by Crippen LogP contribution is -2.39. The Bertz CT molecular complexity index is 1190. The Hall–Kier alpha value is -3.33. The number of rotatable bonds is 6. The summed E-state index contributed by atoms with van der Waals surface area (Å²) in [5, 5.41) is 0.417. The molecule has 1 aliphatic rings. The predicted molar refractivity (Wildman–Crippen MR) is 124 cm³/mol. The van der Waals surface area contributed by atoms with E-state index in [0.29, 0.717) is 23.8 Å². The zero-order valence-electron chi connectivity index (χ0n) is 18.5. The molecule has 2 aromatic carbocycles. The number of aromatic nitrogens is 2. The van der Waals surface area contributed by atoms with Gasteiger partial charge in [-0.25, -0.2) is 18.7 Å². The highest BCUT2D eigenvalue weighted by molar-refractivity contribution is 7.99. The minimum atomic E-state index is -0.457. The maximum Gasteiger partial charge on any atom is 0.316 e. The lowest BCUT2D eigenvalue weighted by Gasteiger charge is -2.33. The van der Waals surface area contributed by atoms with Gasteiger partial charge in [0.2, 0.25) is 0 Å². The summed E-state index contributed by atoms with van der Waals surface area (Å²) < 4.78 is 31.9. The maximum absolute atomic E-state index is 13.7. The van der Waals surface area contributed by atoms with Crippen LogP contribution in [0.4, 0.5) is 8.78 Å². The SMILES string of the molecule is COC(=O)CSc1ncc(-c2ccc(F)cc2)c([C@H]2CCCN(C(=O)c3cccc(F)c3)C2)n1. The molecule has 0 bridgehead atoms. The second-order valence-corrected chi connectivity index (χ2v) is 8.87. The number of piperidine rings is 1. The highest BCUT2D eigenvalue weighted by atomic mass is 32.2. The van der Waals surface area contributed by atoms with Gasteiger partial charge in [0.25, 0.3) is 5.91 Å². The van der Waals surface area contributed by atoms with E-state index in [1.54, 1.807) is 29.3 Å². The number of esters is 1. The van der Waals surface area contributed by atoms with Gasteiger partial charge in [0.1, 0.15) is 11.6 Å². The van der Waals surface area contributed by atoms with Gasteiger partial charge in [-0.3, -0.25) is 9.59 Å². The van der Waals surface area contributed by atoms with Crippen LogP contribution in [-0.2, 0) is 9.53 Å². The minimum Gasteiger partial charge on any atom is -0.468 e. The van der Waals surface area contributed by atoms with Crippen LogP contribution in [0.2, 0.25) is 0 Å². The summed E-state index contributed by atoms with van der Waals surface area (Å²) in [4.78, 5) is 35.4. The monoisotopic (exact) mass is 483 g/mol. The fraction of sp³-hybridized carbons (Fsp3) is 0.280. The van der Waals surface area contributed by atoms with Gasteiger partial charge in [-0.1, -0.05) is 30.0 Å². The summed E-state index contributed by atoms with van der Waals surface area (Å²) in [6, 6.07) is 11.7. The van der Waals surface area contributed by atoms with Crippen molar-refractivity contribution in [3.63, 3.8) is 0 Å². The topological polar surface area (TPSA) is 72.4 Å². The molecule has 0 N–H and O–H groups in total. The standard InChI is InChI=1S/C25H23F2N3O3S/c1-33-22(31)15-34-25-28-13-21(16-7-9-19(26)10-8-16)23(29-25)18-5-3-11-30(14-18)24(32)17-4-2-6-20(27)12-17/h2,4,6-10,12-13,18H,3,5,11,14-15H2,1H3/t18-/m0/s1. The van der Waals surface area contributed by atoms with E-state index in [9.17, 15) is 18.4 Å². The molecule has 9 heteroatoms. The van der Waals surface area contributed by atoms with Crippen molar-refractivity contribution in [2.45, 2.75) is 23.9 Å². The molecule has 6 nitrogen and oxygen atoms in total. The number of likely N-dealkylation sites (tertiary alicyclic amines) is 1. The quantitative estimate of drug-likeness (QED) is 0.287. The van der Waals surface area contributed by atoms with Crippen molar-refractivity contribution in [3.8, 4) is 11.1 Å². The van der Waals surface area contributed by atoms with Gasteiger partial charge in [-0.2, -0.15) is 0 Å². The number of hydrogen-bond donors (Lipinski definition) is 0. The third kappa shape index (κ3) is 5.59. The summed E-state index contributed by atoms with van der Waals surface area (Å²) >= 11 is 1.16. The smallest absolute Gasteiger partial charge is 0.316 e. The summed E-state index contributed by atoms with van der Waals surface area (Å²) in [6.07, 6.45) is 3.21. The van der Waals surface area contributed by atoms with E-state index in [-0.39, 0.29) is 29.4 Å². The van der Waals surface area contributed by atoms with Crippen LogP contribution in [-0.4, -0.2) is 52.7 Å². The van der Waals surface area contributed by atoms with E-state index in [1.807, 2.05) is 0 Å². The van der Waals surface area contributed by atoms with E-state index in [1.165, 1.54) is 37.4 Å². The van der Waals surface area contributed by atoms with Crippen LogP contribution in [0.15, 0.2) is 59.9 Å². The summed E-state index contributed by atoms with van der Waals surface area (Å²) in [5.41, 5.74) is 2.53. The van der Waals surface area contributed by atoms with Crippen LogP contribution >= 0.6 is 11.8 Å². The van der Waals surface area contributed by atoms with Crippen molar-refractivity contribution >= 4 is 23.6 Å². The molecular weight excluding hydrogens is 460 g/mol. The van der Waals surface area contributed by atoms with Gasteiger partial charge in [0.05, 0.1) is 18.6 Å². The number of carbonyl (C=O) groups is 2. The van der Waals surface area contributed by atoms with Crippen LogP contribution in [0.25, 0.3) is 11.1 Å². The Morgan fingerprint density at radius 1 is 1.15 bits per heavy atom. The molecule has 1 aliphatic heterocycles. The third-order valence-corrected chi connectivity index (χ3v) is 6.50. The molecule has 4 rings (SSSR count). The third-order valence-electron chi connectivity index (χ3n) is 5.67. The molecule has 3 aromatic rings. The molecule has 1 amide bonds. The van der Waals surface area contributed by atoms with Crippen LogP contribution in [0, 0.1) is 11.6 Å². The molecule has 176 valence electrons. The summed E-state index contributed by atoms with van der Waals surface area (Å²) in [5.74, 6) is -1.46. The second-order valence-electron chi connectivity index (χ2n) is 7.92. The number of thioether (sulfide) groups is 1. The molecule has 0 spiro atoms. The van der Waals surface area contributed by atoms with Gasteiger partial charge >= 0.3 is 5.97 Å². The molecule has 1 saturated heterocycles. The minimum absolute atomic E-state index is 0.0701. The molecular formula is C25H23F2N3O3S. The van der Waals surface area contributed by atoms with E-state index in [2.05, 4.69) is 4.98 Å². The van der Waals surface area contributed by atoms with Crippen molar-refractivity contribution in [1.29, 1.82) is 0 Å². The number of ether oxygens (including phenoxy) is 1. The second kappa shape index (κ2) is 10.7. The first kappa shape index (κ1) is 23.8. The van der Waals surface area contributed by atoms with Crippen molar-refractivity contribution < 1.29 is 23.1 Å². The van der Waals surface area contributed by atoms with Crippen molar-refractivity contribution in [2.75, 3.05) is 26.0 Å². The number of carbonyl (C=O) groups excluding carboxylic acids is 2.